The van der Waals surface area contributed by atoms with E-state index in [1.54, 1.807) is 18.4 Å². The summed E-state index contributed by atoms with van der Waals surface area (Å²) < 4.78 is 6.75. The van der Waals surface area contributed by atoms with Gasteiger partial charge >= 0.3 is 0 Å². The van der Waals surface area contributed by atoms with Crippen LogP contribution in [0, 0.1) is 12.8 Å². The summed E-state index contributed by atoms with van der Waals surface area (Å²) in [5, 5.41) is 1.09. The van der Waals surface area contributed by atoms with Gasteiger partial charge in [0.15, 0.2) is 5.13 Å². The van der Waals surface area contributed by atoms with E-state index in [1.165, 1.54) is 10.3 Å². The molecule has 0 spiro atoms. The molecule has 6 nitrogen and oxygen atoms in total. The second kappa shape index (κ2) is 8.98. The van der Waals surface area contributed by atoms with Crippen molar-refractivity contribution in [2.24, 2.45) is 5.92 Å². The summed E-state index contributed by atoms with van der Waals surface area (Å²) in [4.78, 5) is 24.7. The van der Waals surface area contributed by atoms with Gasteiger partial charge in [-0.05, 0) is 49.6 Å². The quantitative estimate of drug-likeness (QED) is 0.597. The fourth-order valence-corrected chi connectivity index (χ4v) is 5.91. The van der Waals surface area contributed by atoms with E-state index in [2.05, 4.69) is 45.9 Å². The Morgan fingerprint density at radius 3 is 2.50 bits per heavy atom. The Bertz CT molecular complexity index is 1100. The summed E-state index contributed by atoms with van der Waals surface area (Å²) in [6.07, 6.45) is 1.81. The van der Waals surface area contributed by atoms with Crippen molar-refractivity contribution >= 4 is 38.3 Å². The van der Waals surface area contributed by atoms with Crippen molar-refractivity contribution in [1.82, 2.24) is 9.88 Å². The van der Waals surface area contributed by atoms with Crippen LogP contribution in [-0.2, 0) is 4.79 Å². The molecule has 2 saturated heterocycles. The normalized spacial score (nSPS) is 17.8. The largest absolute Gasteiger partial charge is 0.495 e. The summed E-state index contributed by atoms with van der Waals surface area (Å²) in [6, 6.07) is 14.5. The lowest BCUT2D eigenvalue weighted by molar-refractivity contribution is -0.136. The van der Waals surface area contributed by atoms with Crippen LogP contribution < -0.4 is 14.5 Å². The maximum Gasteiger partial charge on any atom is 0.225 e. The third-order valence-electron chi connectivity index (χ3n) is 6.66. The lowest BCUT2D eigenvalue weighted by Gasteiger charge is -2.39. The highest BCUT2D eigenvalue weighted by atomic mass is 32.1. The molecule has 5 rings (SSSR count). The Kier molecular flexibility index (Phi) is 5.91. The van der Waals surface area contributed by atoms with E-state index in [1.807, 2.05) is 18.2 Å². The number of aryl methyl sites for hydroxylation is 1. The molecule has 7 heteroatoms. The average molecular weight is 451 g/mol. The van der Waals surface area contributed by atoms with Gasteiger partial charge in [0.1, 0.15) is 5.75 Å². The van der Waals surface area contributed by atoms with E-state index in [0.717, 1.165) is 74.2 Å². The van der Waals surface area contributed by atoms with E-state index >= 15 is 0 Å². The molecule has 0 radical (unpaired) electrons. The highest BCUT2D eigenvalue weighted by molar-refractivity contribution is 7.22. The molecule has 2 aromatic carbocycles. The molecule has 3 aromatic rings. The summed E-state index contributed by atoms with van der Waals surface area (Å²) in [5.74, 6) is 1.34. The van der Waals surface area contributed by atoms with Crippen LogP contribution in [0.3, 0.4) is 0 Å². The van der Waals surface area contributed by atoms with Crippen LogP contribution >= 0.6 is 11.3 Å². The number of carbonyl (C=O) groups is 1. The third kappa shape index (κ3) is 4.13. The number of ether oxygens (including phenoxy) is 1. The number of nitrogens with zero attached hydrogens (tertiary/aromatic N) is 4. The molecule has 2 aliphatic heterocycles. The van der Waals surface area contributed by atoms with Crippen LogP contribution in [0.25, 0.3) is 10.2 Å². The first-order chi connectivity index (χ1) is 15.6. The number of thiazole rings is 1. The number of para-hydroxylation sites is 2. The average Bonchev–Trinajstić information content (AvgIpc) is 3.27. The fourth-order valence-electron chi connectivity index (χ4n) is 4.79. The Morgan fingerprint density at radius 2 is 1.75 bits per heavy atom. The molecule has 0 aliphatic carbocycles. The number of piperidine rings is 1. The minimum absolute atomic E-state index is 0.126. The monoisotopic (exact) mass is 450 g/mol. The van der Waals surface area contributed by atoms with Crippen LogP contribution in [0.4, 0.5) is 10.8 Å². The zero-order valence-electron chi connectivity index (χ0n) is 18.8. The molecule has 32 heavy (non-hydrogen) atoms. The van der Waals surface area contributed by atoms with Crippen molar-refractivity contribution in [3.8, 4) is 5.75 Å². The van der Waals surface area contributed by atoms with Gasteiger partial charge in [-0.3, -0.25) is 4.79 Å². The molecule has 2 fully saturated rings. The van der Waals surface area contributed by atoms with Crippen LogP contribution in [-0.4, -0.2) is 62.2 Å². The minimum atomic E-state index is 0.126. The molecule has 1 aromatic heterocycles. The van der Waals surface area contributed by atoms with Gasteiger partial charge < -0.3 is 19.4 Å². The summed E-state index contributed by atoms with van der Waals surface area (Å²) in [5.41, 5.74) is 3.45. The van der Waals surface area contributed by atoms with Crippen molar-refractivity contribution in [3.63, 3.8) is 0 Å². The Hall–Kier alpha value is -2.80. The van der Waals surface area contributed by atoms with Gasteiger partial charge in [-0.1, -0.05) is 29.5 Å². The van der Waals surface area contributed by atoms with Gasteiger partial charge in [0.25, 0.3) is 0 Å². The number of hydrogen-bond acceptors (Lipinski definition) is 6. The molecular formula is C25H30N4O2S. The first kappa shape index (κ1) is 21.1. The zero-order chi connectivity index (χ0) is 22.1. The highest BCUT2D eigenvalue weighted by Gasteiger charge is 2.31. The SMILES string of the molecule is COc1ccccc1N1CCN(C(=O)C2CCN(c3nc4ccc(C)cc4s3)CC2)CC1. The summed E-state index contributed by atoms with van der Waals surface area (Å²) in [7, 11) is 1.71. The van der Waals surface area contributed by atoms with Gasteiger partial charge in [0.05, 0.1) is 23.0 Å². The van der Waals surface area contributed by atoms with Crippen molar-refractivity contribution in [3.05, 3.63) is 48.0 Å². The molecular weight excluding hydrogens is 420 g/mol. The third-order valence-corrected chi connectivity index (χ3v) is 7.74. The van der Waals surface area contributed by atoms with E-state index in [0.29, 0.717) is 5.91 Å². The number of methoxy groups -OCH3 is 1. The number of piperazine rings is 1. The van der Waals surface area contributed by atoms with E-state index in [9.17, 15) is 4.79 Å². The predicted molar refractivity (Wildman–Crippen MR) is 131 cm³/mol. The molecule has 0 atom stereocenters. The molecule has 0 saturated carbocycles. The molecule has 168 valence electrons. The van der Waals surface area contributed by atoms with E-state index < -0.39 is 0 Å². The van der Waals surface area contributed by atoms with Crippen LogP contribution in [0.5, 0.6) is 5.75 Å². The van der Waals surface area contributed by atoms with Gasteiger partial charge in [-0.25, -0.2) is 4.98 Å². The van der Waals surface area contributed by atoms with Gasteiger partial charge in [0, 0.05) is 45.2 Å². The Morgan fingerprint density at radius 1 is 1.00 bits per heavy atom. The predicted octanol–water partition coefficient (Wildman–Crippen LogP) is 4.18. The minimum Gasteiger partial charge on any atom is -0.495 e. The molecule has 0 N–H and O–H groups in total. The van der Waals surface area contributed by atoms with Crippen LogP contribution in [0.15, 0.2) is 42.5 Å². The summed E-state index contributed by atoms with van der Waals surface area (Å²) in [6.45, 7) is 7.15. The first-order valence-corrected chi connectivity index (χ1v) is 12.2. The Balaban J connectivity index is 1.16. The number of hydrogen-bond donors (Lipinski definition) is 0. The fraction of sp³-hybridized carbons (Fsp3) is 0.440. The number of amides is 1. The second-order valence-electron chi connectivity index (χ2n) is 8.71. The van der Waals surface area contributed by atoms with Crippen molar-refractivity contribution in [2.75, 3.05) is 56.2 Å². The lowest BCUT2D eigenvalue weighted by Crippen LogP contribution is -2.51. The van der Waals surface area contributed by atoms with Crippen LogP contribution in [0.1, 0.15) is 18.4 Å². The number of rotatable bonds is 4. The Labute approximate surface area is 193 Å². The van der Waals surface area contributed by atoms with Crippen molar-refractivity contribution < 1.29 is 9.53 Å². The maximum atomic E-state index is 13.2. The van der Waals surface area contributed by atoms with E-state index in [-0.39, 0.29) is 5.92 Å². The van der Waals surface area contributed by atoms with Crippen molar-refractivity contribution in [1.29, 1.82) is 0 Å². The highest BCUT2D eigenvalue weighted by Crippen LogP contribution is 2.33. The number of aromatic nitrogens is 1. The number of anilines is 2. The molecule has 2 aliphatic rings. The summed E-state index contributed by atoms with van der Waals surface area (Å²) >= 11 is 1.76. The smallest absolute Gasteiger partial charge is 0.225 e. The van der Waals surface area contributed by atoms with Gasteiger partial charge in [0.2, 0.25) is 5.91 Å². The van der Waals surface area contributed by atoms with E-state index in [4.69, 9.17) is 9.72 Å². The molecule has 3 heterocycles. The van der Waals surface area contributed by atoms with Gasteiger partial charge in [-0.15, -0.1) is 0 Å². The molecule has 0 unspecified atom stereocenters. The lowest BCUT2D eigenvalue weighted by atomic mass is 9.95. The van der Waals surface area contributed by atoms with Crippen LogP contribution in [0.2, 0.25) is 0 Å². The zero-order valence-corrected chi connectivity index (χ0v) is 19.6. The number of fused-ring (bicyclic) bond motifs is 1. The van der Waals surface area contributed by atoms with Gasteiger partial charge in [-0.2, -0.15) is 0 Å². The molecule has 0 bridgehead atoms. The number of benzene rings is 2. The topological polar surface area (TPSA) is 48.9 Å². The first-order valence-electron chi connectivity index (χ1n) is 11.4. The number of carbonyl (C=O) groups excluding carboxylic acids is 1. The van der Waals surface area contributed by atoms with Crippen molar-refractivity contribution in [2.45, 2.75) is 19.8 Å². The standard InChI is InChI=1S/C25H30N4O2S/c1-18-7-8-20-23(17-18)32-25(26-20)29-11-9-19(10-12-29)24(30)28-15-13-27(14-16-28)21-5-3-4-6-22(21)31-2/h3-8,17,19H,9-16H2,1-2H3. The molecule has 1 amide bonds. The maximum absolute atomic E-state index is 13.2. The second-order valence-corrected chi connectivity index (χ2v) is 9.72.